The molecule has 0 saturated carbocycles. The van der Waals surface area contributed by atoms with Gasteiger partial charge in [-0.2, -0.15) is 12.7 Å². The molecule has 0 radical (unpaired) electrons. The lowest BCUT2D eigenvalue weighted by molar-refractivity contribution is 0.236. The predicted octanol–water partition coefficient (Wildman–Crippen LogP) is -0.738. The van der Waals surface area contributed by atoms with Crippen molar-refractivity contribution >= 4 is 10.2 Å². The van der Waals surface area contributed by atoms with Gasteiger partial charge >= 0.3 is 0 Å². The molecule has 3 N–H and O–H groups in total. The molecule has 2 atom stereocenters. The highest BCUT2D eigenvalue weighted by atomic mass is 32.2. The topological polar surface area (TPSA) is 75.4 Å². The molecule has 0 spiro atoms. The molecule has 5 nitrogen and oxygen atoms in total. The molecule has 1 saturated heterocycles. The first-order valence-electron chi connectivity index (χ1n) is 4.45. The second-order valence-electron chi connectivity index (χ2n) is 3.37. The number of hydrogen-bond donors (Lipinski definition) is 2. The van der Waals surface area contributed by atoms with Crippen LogP contribution >= 0.6 is 0 Å². The second-order valence-corrected chi connectivity index (χ2v) is 5.19. The number of nitrogens with zero attached hydrogens (tertiary/aromatic N) is 1. The Morgan fingerprint density at radius 1 is 1.54 bits per heavy atom. The largest absolute Gasteiger partial charge is 0.326 e. The molecular weight excluding hydrogens is 190 g/mol. The van der Waals surface area contributed by atoms with Gasteiger partial charge in [0.05, 0.1) is 0 Å². The van der Waals surface area contributed by atoms with E-state index in [-0.39, 0.29) is 12.1 Å². The monoisotopic (exact) mass is 207 g/mol. The number of piperidine rings is 1. The Labute approximate surface area is 79.5 Å². The summed E-state index contributed by atoms with van der Waals surface area (Å²) in [5, 5.41) is 0. The molecule has 2 unspecified atom stereocenters. The van der Waals surface area contributed by atoms with Crippen molar-refractivity contribution in [1.29, 1.82) is 0 Å². The van der Waals surface area contributed by atoms with Crippen LogP contribution in [0.25, 0.3) is 0 Å². The third kappa shape index (κ3) is 2.19. The van der Waals surface area contributed by atoms with Crippen LogP contribution in [-0.2, 0) is 10.2 Å². The van der Waals surface area contributed by atoms with Gasteiger partial charge in [-0.3, -0.25) is 0 Å². The Morgan fingerprint density at radius 2 is 2.15 bits per heavy atom. The van der Waals surface area contributed by atoms with Crippen LogP contribution < -0.4 is 10.5 Å². The van der Waals surface area contributed by atoms with Gasteiger partial charge in [-0.1, -0.05) is 0 Å². The Morgan fingerprint density at radius 3 is 2.69 bits per heavy atom. The van der Waals surface area contributed by atoms with Gasteiger partial charge in [0.25, 0.3) is 10.2 Å². The molecule has 1 rings (SSSR count). The van der Waals surface area contributed by atoms with E-state index in [0.29, 0.717) is 6.54 Å². The summed E-state index contributed by atoms with van der Waals surface area (Å²) >= 11 is 0. The molecule has 1 aliphatic heterocycles. The van der Waals surface area contributed by atoms with Crippen molar-refractivity contribution < 1.29 is 8.42 Å². The van der Waals surface area contributed by atoms with E-state index in [9.17, 15) is 8.42 Å². The molecule has 1 heterocycles. The summed E-state index contributed by atoms with van der Waals surface area (Å²) in [4.78, 5) is 0. The summed E-state index contributed by atoms with van der Waals surface area (Å²) in [6, 6.07) is -0.150. The van der Waals surface area contributed by atoms with Crippen molar-refractivity contribution in [1.82, 2.24) is 9.03 Å². The Bertz CT molecular complexity index is 265. The average molecular weight is 207 g/mol. The lowest BCUT2D eigenvalue weighted by Gasteiger charge is -2.35. The minimum Gasteiger partial charge on any atom is -0.326 e. The Kier molecular flexibility index (Phi) is 3.28. The number of hydrogen-bond acceptors (Lipinski definition) is 3. The fourth-order valence-electron chi connectivity index (χ4n) is 1.60. The van der Waals surface area contributed by atoms with E-state index >= 15 is 0 Å². The van der Waals surface area contributed by atoms with Crippen molar-refractivity contribution in [3.8, 4) is 0 Å². The molecule has 1 aliphatic rings. The summed E-state index contributed by atoms with van der Waals surface area (Å²) in [5.74, 6) is 0. The number of rotatable bonds is 2. The lowest BCUT2D eigenvalue weighted by Crippen LogP contribution is -2.55. The minimum atomic E-state index is -3.30. The maximum Gasteiger partial charge on any atom is 0.279 e. The molecule has 0 aromatic heterocycles. The van der Waals surface area contributed by atoms with Gasteiger partial charge in [0.2, 0.25) is 0 Å². The molecule has 0 amide bonds. The standard InChI is InChI=1S/C7H17N3O2S/c1-6-7(8)4-3-5-10(6)13(11,12)9-2/h6-7,9H,3-5,8H2,1-2H3. The summed E-state index contributed by atoms with van der Waals surface area (Å²) < 4.78 is 26.7. The summed E-state index contributed by atoms with van der Waals surface area (Å²) in [5.41, 5.74) is 5.79. The van der Waals surface area contributed by atoms with Gasteiger partial charge in [-0.15, -0.1) is 0 Å². The normalized spacial score (nSPS) is 31.9. The van der Waals surface area contributed by atoms with Crippen LogP contribution in [0, 0.1) is 0 Å². The zero-order valence-corrected chi connectivity index (χ0v) is 8.84. The highest BCUT2D eigenvalue weighted by Gasteiger charge is 2.32. The first-order chi connectivity index (χ1) is 5.99. The Balaban J connectivity index is 2.80. The van der Waals surface area contributed by atoms with Crippen molar-refractivity contribution in [3.05, 3.63) is 0 Å². The van der Waals surface area contributed by atoms with E-state index in [0.717, 1.165) is 12.8 Å². The van der Waals surface area contributed by atoms with Crippen LogP contribution in [0.2, 0.25) is 0 Å². The molecule has 1 fully saturated rings. The molecule has 13 heavy (non-hydrogen) atoms. The van der Waals surface area contributed by atoms with Crippen LogP contribution in [0.4, 0.5) is 0 Å². The minimum absolute atomic E-state index is 0.0446. The van der Waals surface area contributed by atoms with Crippen LogP contribution in [0.3, 0.4) is 0 Å². The lowest BCUT2D eigenvalue weighted by atomic mass is 10.0. The van der Waals surface area contributed by atoms with Gasteiger partial charge in [-0.25, -0.2) is 4.72 Å². The third-order valence-electron chi connectivity index (χ3n) is 2.56. The number of nitrogens with two attached hydrogens (primary N) is 1. The quantitative estimate of drug-likeness (QED) is 0.626. The van der Waals surface area contributed by atoms with E-state index in [1.54, 1.807) is 0 Å². The van der Waals surface area contributed by atoms with Crippen LogP contribution in [0.15, 0.2) is 0 Å². The third-order valence-corrected chi connectivity index (χ3v) is 4.20. The first kappa shape index (κ1) is 10.9. The van der Waals surface area contributed by atoms with Gasteiger partial charge in [0.15, 0.2) is 0 Å². The molecular formula is C7H17N3O2S. The first-order valence-corrected chi connectivity index (χ1v) is 5.89. The van der Waals surface area contributed by atoms with E-state index in [1.165, 1.54) is 11.4 Å². The summed E-state index contributed by atoms with van der Waals surface area (Å²) in [7, 11) is -1.88. The van der Waals surface area contributed by atoms with Crippen molar-refractivity contribution in [2.45, 2.75) is 31.8 Å². The maximum atomic E-state index is 11.5. The summed E-state index contributed by atoms with van der Waals surface area (Å²) in [6.45, 7) is 2.41. The molecule has 0 bridgehead atoms. The van der Waals surface area contributed by atoms with E-state index in [2.05, 4.69) is 4.72 Å². The highest BCUT2D eigenvalue weighted by Crippen LogP contribution is 2.17. The van der Waals surface area contributed by atoms with Crippen molar-refractivity contribution in [2.75, 3.05) is 13.6 Å². The van der Waals surface area contributed by atoms with Crippen LogP contribution in [0.1, 0.15) is 19.8 Å². The second kappa shape index (κ2) is 3.91. The number of nitrogens with one attached hydrogen (secondary N) is 1. The maximum absolute atomic E-state index is 11.5. The average Bonchev–Trinajstić information content (AvgIpc) is 2.09. The highest BCUT2D eigenvalue weighted by molar-refractivity contribution is 7.87. The van der Waals surface area contributed by atoms with E-state index in [4.69, 9.17) is 5.73 Å². The zero-order chi connectivity index (χ0) is 10.1. The van der Waals surface area contributed by atoms with Crippen molar-refractivity contribution in [2.24, 2.45) is 5.73 Å². The van der Waals surface area contributed by atoms with Gasteiger partial charge < -0.3 is 5.73 Å². The molecule has 0 aliphatic carbocycles. The van der Waals surface area contributed by atoms with E-state index in [1.807, 2.05) is 6.92 Å². The molecule has 6 heteroatoms. The van der Waals surface area contributed by atoms with Crippen molar-refractivity contribution in [3.63, 3.8) is 0 Å². The smallest absolute Gasteiger partial charge is 0.279 e. The SMILES string of the molecule is CNS(=O)(=O)N1CCCC(N)C1C. The van der Waals surface area contributed by atoms with Crippen LogP contribution in [-0.4, -0.2) is 38.4 Å². The molecule has 0 aromatic carbocycles. The predicted molar refractivity (Wildman–Crippen MR) is 51.4 cm³/mol. The molecule has 0 aromatic rings. The van der Waals surface area contributed by atoms with Gasteiger partial charge in [0.1, 0.15) is 0 Å². The van der Waals surface area contributed by atoms with Crippen LogP contribution in [0.5, 0.6) is 0 Å². The van der Waals surface area contributed by atoms with Gasteiger partial charge in [0, 0.05) is 25.7 Å². The van der Waals surface area contributed by atoms with Gasteiger partial charge in [-0.05, 0) is 19.8 Å². The fourth-order valence-corrected chi connectivity index (χ4v) is 2.80. The molecule has 78 valence electrons. The zero-order valence-electron chi connectivity index (χ0n) is 8.03. The van der Waals surface area contributed by atoms with E-state index < -0.39 is 10.2 Å². The summed E-state index contributed by atoms with van der Waals surface area (Å²) in [6.07, 6.45) is 1.74. The Hall–Kier alpha value is -0.170. The fraction of sp³-hybridized carbons (Fsp3) is 1.00.